The van der Waals surface area contributed by atoms with Gasteiger partial charge in [-0.25, -0.2) is 0 Å². The molecular formula is C13H15N7O. The number of aromatic nitrogens is 6. The van der Waals surface area contributed by atoms with Gasteiger partial charge in [0, 0.05) is 13.0 Å². The molecular weight excluding hydrogens is 270 g/mol. The molecule has 1 fully saturated rings. The van der Waals surface area contributed by atoms with Crippen molar-refractivity contribution in [3.8, 4) is 0 Å². The predicted octanol–water partition coefficient (Wildman–Crippen LogP) is 1.33. The summed E-state index contributed by atoms with van der Waals surface area (Å²) in [5.74, 6) is 1.92. The van der Waals surface area contributed by atoms with Crippen LogP contribution in [-0.4, -0.2) is 37.0 Å². The molecule has 1 aliphatic rings. The van der Waals surface area contributed by atoms with Crippen LogP contribution in [0.5, 0.6) is 0 Å². The summed E-state index contributed by atoms with van der Waals surface area (Å²) in [7, 11) is 1.97. The minimum Gasteiger partial charge on any atom is -0.364 e. The maximum atomic E-state index is 5.29. The van der Waals surface area contributed by atoms with E-state index in [1.807, 2.05) is 24.9 Å². The molecule has 3 heterocycles. The molecule has 108 valence electrons. The molecule has 1 saturated carbocycles. The van der Waals surface area contributed by atoms with E-state index in [1.54, 1.807) is 10.8 Å². The van der Waals surface area contributed by atoms with Crippen molar-refractivity contribution < 1.29 is 4.52 Å². The third-order valence-corrected chi connectivity index (χ3v) is 3.57. The van der Waals surface area contributed by atoms with E-state index in [2.05, 4.69) is 25.4 Å². The van der Waals surface area contributed by atoms with Crippen LogP contribution in [0.15, 0.2) is 16.9 Å². The molecule has 0 N–H and O–H groups in total. The lowest BCUT2D eigenvalue weighted by atomic mass is 10.3. The fourth-order valence-corrected chi connectivity index (χ4v) is 2.34. The van der Waals surface area contributed by atoms with Gasteiger partial charge in [-0.3, -0.25) is 0 Å². The van der Waals surface area contributed by atoms with Crippen LogP contribution in [0.1, 0.15) is 36.2 Å². The van der Waals surface area contributed by atoms with Crippen LogP contribution in [0.3, 0.4) is 0 Å². The number of anilines is 1. The fourth-order valence-electron chi connectivity index (χ4n) is 2.34. The van der Waals surface area contributed by atoms with Crippen LogP contribution in [0.2, 0.25) is 0 Å². The highest BCUT2D eigenvalue weighted by atomic mass is 16.5. The molecule has 3 aromatic rings. The minimum atomic E-state index is 0.475. The van der Waals surface area contributed by atoms with Gasteiger partial charge < -0.3 is 9.42 Å². The summed E-state index contributed by atoms with van der Waals surface area (Å²) in [6.45, 7) is 2.50. The minimum absolute atomic E-state index is 0.475. The third-order valence-electron chi connectivity index (χ3n) is 3.57. The first kappa shape index (κ1) is 12.2. The van der Waals surface area contributed by atoms with E-state index in [0.717, 1.165) is 30.1 Å². The van der Waals surface area contributed by atoms with E-state index in [4.69, 9.17) is 4.52 Å². The average Bonchev–Trinajstić information content (AvgIpc) is 3.02. The van der Waals surface area contributed by atoms with Gasteiger partial charge in [0.05, 0.1) is 17.9 Å². The summed E-state index contributed by atoms with van der Waals surface area (Å²) in [5, 5.41) is 16.4. The average molecular weight is 285 g/mol. The molecule has 0 saturated heterocycles. The second kappa shape index (κ2) is 4.51. The maximum absolute atomic E-state index is 5.29. The highest BCUT2D eigenvalue weighted by molar-refractivity contribution is 5.67. The zero-order valence-corrected chi connectivity index (χ0v) is 11.9. The van der Waals surface area contributed by atoms with Gasteiger partial charge in [-0.2, -0.15) is 14.6 Å². The van der Waals surface area contributed by atoms with Crippen molar-refractivity contribution in [3.63, 3.8) is 0 Å². The van der Waals surface area contributed by atoms with Crippen molar-refractivity contribution in [3.05, 3.63) is 29.8 Å². The standard InChI is InChI=1S/C13H15N7O/c1-8-5-10(12-16-14-7-20(12)17-8)19(2)6-11-15-13(21-18-11)9-3-4-9/h5,7,9H,3-4,6H2,1-2H3. The van der Waals surface area contributed by atoms with Crippen molar-refractivity contribution in [1.82, 2.24) is 30.0 Å². The Bertz CT molecular complexity index is 789. The molecule has 0 unspecified atom stereocenters. The van der Waals surface area contributed by atoms with E-state index >= 15 is 0 Å². The monoisotopic (exact) mass is 285 g/mol. The molecule has 0 atom stereocenters. The van der Waals surface area contributed by atoms with Gasteiger partial charge in [-0.1, -0.05) is 5.16 Å². The first-order chi connectivity index (χ1) is 10.2. The number of hydrogen-bond donors (Lipinski definition) is 0. The number of aryl methyl sites for hydroxylation is 1. The van der Waals surface area contributed by atoms with E-state index < -0.39 is 0 Å². The highest BCUT2D eigenvalue weighted by Crippen LogP contribution is 2.38. The first-order valence-electron chi connectivity index (χ1n) is 6.92. The van der Waals surface area contributed by atoms with E-state index in [1.165, 1.54) is 0 Å². The molecule has 4 rings (SSSR count). The van der Waals surface area contributed by atoms with Gasteiger partial charge in [-0.15, -0.1) is 10.2 Å². The molecule has 0 bridgehead atoms. The number of hydrogen-bond acceptors (Lipinski definition) is 7. The number of rotatable bonds is 4. The Labute approximate surface area is 120 Å². The van der Waals surface area contributed by atoms with Gasteiger partial charge in [0.1, 0.15) is 6.33 Å². The zero-order chi connectivity index (χ0) is 14.4. The van der Waals surface area contributed by atoms with E-state index in [9.17, 15) is 0 Å². The van der Waals surface area contributed by atoms with E-state index in [0.29, 0.717) is 23.9 Å². The molecule has 3 aromatic heterocycles. The van der Waals surface area contributed by atoms with Gasteiger partial charge in [0.15, 0.2) is 5.82 Å². The third kappa shape index (κ3) is 2.22. The van der Waals surface area contributed by atoms with Crippen LogP contribution < -0.4 is 4.90 Å². The Kier molecular flexibility index (Phi) is 2.63. The Morgan fingerprint density at radius 2 is 2.29 bits per heavy atom. The van der Waals surface area contributed by atoms with Crippen molar-refractivity contribution in [1.29, 1.82) is 0 Å². The molecule has 0 radical (unpaired) electrons. The van der Waals surface area contributed by atoms with Crippen LogP contribution in [0, 0.1) is 6.92 Å². The topological polar surface area (TPSA) is 85.2 Å². The number of nitrogens with zero attached hydrogens (tertiary/aromatic N) is 7. The predicted molar refractivity (Wildman–Crippen MR) is 73.9 cm³/mol. The SMILES string of the molecule is Cc1cc(N(C)Cc2noc(C3CC3)n2)c2nncn2n1. The molecule has 0 spiro atoms. The lowest BCUT2D eigenvalue weighted by Crippen LogP contribution is -2.19. The summed E-state index contributed by atoms with van der Waals surface area (Å²) >= 11 is 0. The van der Waals surface area contributed by atoms with Crippen LogP contribution in [0.4, 0.5) is 5.69 Å². The van der Waals surface area contributed by atoms with Gasteiger partial charge in [-0.05, 0) is 25.8 Å². The lowest BCUT2D eigenvalue weighted by Gasteiger charge is -2.17. The molecule has 0 amide bonds. The summed E-state index contributed by atoms with van der Waals surface area (Å²) < 4.78 is 6.96. The van der Waals surface area contributed by atoms with Crippen LogP contribution in [-0.2, 0) is 6.54 Å². The van der Waals surface area contributed by atoms with Crippen molar-refractivity contribution >= 4 is 11.3 Å². The molecule has 0 aromatic carbocycles. The lowest BCUT2D eigenvalue weighted by molar-refractivity contribution is 0.374. The molecule has 21 heavy (non-hydrogen) atoms. The largest absolute Gasteiger partial charge is 0.364 e. The first-order valence-corrected chi connectivity index (χ1v) is 6.92. The van der Waals surface area contributed by atoms with Gasteiger partial charge in [0.25, 0.3) is 0 Å². The summed E-state index contributed by atoms with van der Waals surface area (Å²) in [4.78, 5) is 6.48. The zero-order valence-electron chi connectivity index (χ0n) is 11.9. The second-order valence-electron chi connectivity index (χ2n) is 5.45. The highest BCUT2D eigenvalue weighted by Gasteiger charge is 2.29. The van der Waals surface area contributed by atoms with Crippen molar-refractivity contribution in [2.75, 3.05) is 11.9 Å². The fraction of sp³-hybridized carbons (Fsp3) is 0.462. The molecule has 1 aliphatic carbocycles. The van der Waals surface area contributed by atoms with Crippen LogP contribution >= 0.6 is 0 Å². The summed E-state index contributed by atoms with van der Waals surface area (Å²) in [6, 6.07) is 1.98. The normalized spacial score (nSPS) is 14.8. The van der Waals surface area contributed by atoms with Gasteiger partial charge in [0.2, 0.25) is 11.5 Å². The smallest absolute Gasteiger partial charge is 0.229 e. The van der Waals surface area contributed by atoms with Crippen molar-refractivity contribution in [2.45, 2.75) is 32.2 Å². The molecule has 0 aliphatic heterocycles. The quantitative estimate of drug-likeness (QED) is 0.714. The maximum Gasteiger partial charge on any atom is 0.229 e. The summed E-state index contributed by atoms with van der Waals surface area (Å²) in [6.07, 6.45) is 3.90. The van der Waals surface area contributed by atoms with Crippen LogP contribution in [0.25, 0.3) is 5.65 Å². The Morgan fingerprint density at radius 3 is 3.10 bits per heavy atom. The summed E-state index contributed by atoms with van der Waals surface area (Å²) in [5.41, 5.74) is 2.56. The number of fused-ring (bicyclic) bond motifs is 1. The molecule has 8 heteroatoms. The Hall–Kier alpha value is -2.51. The Morgan fingerprint density at radius 1 is 1.43 bits per heavy atom. The van der Waals surface area contributed by atoms with Gasteiger partial charge >= 0.3 is 0 Å². The second-order valence-corrected chi connectivity index (χ2v) is 5.45. The Balaban J connectivity index is 1.62. The van der Waals surface area contributed by atoms with Crippen molar-refractivity contribution in [2.24, 2.45) is 0 Å². The van der Waals surface area contributed by atoms with E-state index in [-0.39, 0.29) is 0 Å². The molecule has 8 nitrogen and oxygen atoms in total.